The van der Waals surface area contributed by atoms with Gasteiger partial charge in [-0.2, -0.15) is 0 Å². The molecule has 0 unspecified atom stereocenters. The van der Waals surface area contributed by atoms with Crippen molar-refractivity contribution in [3.8, 4) is 0 Å². The Balaban J connectivity index is 0.000000980. The van der Waals surface area contributed by atoms with Gasteiger partial charge in [0.25, 0.3) is 0 Å². The fourth-order valence-corrected chi connectivity index (χ4v) is 1.81. The Morgan fingerprint density at radius 3 is 2.57 bits per heavy atom. The number of hydrogen-bond acceptors (Lipinski definition) is 1. The maximum atomic E-state index is 7.77. The van der Waals surface area contributed by atoms with E-state index in [1.807, 2.05) is 12.1 Å². The Kier molecular flexibility index (Phi) is 3.53. The van der Waals surface area contributed by atoms with E-state index >= 15 is 0 Å². The first-order valence-corrected chi connectivity index (χ1v) is 4.69. The third kappa shape index (κ3) is 1.90. The van der Waals surface area contributed by atoms with Gasteiger partial charge in [0, 0.05) is 18.7 Å². The van der Waals surface area contributed by atoms with Gasteiger partial charge in [-0.05, 0) is 25.0 Å². The summed E-state index contributed by atoms with van der Waals surface area (Å²) >= 11 is 0. The summed E-state index contributed by atoms with van der Waals surface area (Å²) in [5, 5.41) is 7.77. The highest BCUT2D eigenvalue weighted by atomic mass is 35.5. The standard InChI is InChI=1S/C11H14N2.ClH/c1-9-5-2-3-6-10(9)13-8-4-7-11(13)12;/h2-3,5-6,12H,4,7-8H2,1H3;1H/p-1. The lowest BCUT2D eigenvalue weighted by atomic mass is 10.2. The Morgan fingerprint density at radius 1 is 1.29 bits per heavy atom. The second kappa shape index (κ2) is 4.47. The molecule has 0 amide bonds. The van der Waals surface area contributed by atoms with E-state index < -0.39 is 0 Å². The first-order chi connectivity index (χ1) is 6.29. The zero-order chi connectivity index (χ0) is 9.26. The number of nitrogens with zero attached hydrogens (tertiary/aromatic N) is 1. The largest absolute Gasteiger partial charge is 1.00 e. The van der Waals surface area contributed by atoms with Crippen LogP contribution >= 0.6 is 0 Å². The highest BCUT2D eigenvalue weighted by Crippen LogP contribution is 2.24. The molecule has 14 heavy (non-hydrogen) atoms. The van der Waals surface area contributed by atoms with Crippen LogP contribution in [0, 0.1) is 12.3 Å². The summed E-state index contributed by atoms with van der Waals surface area (Å²) in [5.74, 6) is 0.759. The number of para-hydroxylation sites is 1. The first kappa shape index (κ1) is 11.1. The van der Waals surface area contributed by atoms with Gasteiger partial charge < -0.3 is 17.3 Å². The lowest BCUT2D eigenvalue weighted by Crippen LogP contribution is -3.00. The van der Waals surface area contributed by atoms with Gasteiger partial charge in [0.15, 0.2) is 0 Å². The van der Waals surface area contributed by atoms with Crippen molar-refractivity contribution in [1.29, 1.82) is 5.41 Å². The third-order valence-corrected chi connectivity index (χ3v) is 2.53. The first-order valence-electron chi connectivity index (χ1n) is 4.69. The molecular formula is C11H14ClN2-. The molecule has 1 heterocycles. The number of anilines is 1. The quantitative estimate of drug-likeness (QED) is 0.668. The van der Waals surface area contributed by atoms with Crippen LogP contribution in [0.1, 0.15) is 18.4 Å². The van der Waals surface area contributed by atoms with Crippen LogP contribution in [0.2, 0.25) is 0 Å². The average Bonchev–Trinajstić information content (AvgIpc) is 2.52. The molecule has 1 N–H and O–H groups in total. The monoisotopic (exact) mass is 209 g/mol. The number of amidine groups is 1. The van der Waals surface area contributed by atoms with Crippen molar-refractivity contribution in [2.24, 2.45) is 0 Å². The highest BCUT2D eigenvalue weighted by Gasteiger charge is 2.18. The van der Waals surface area contributed by atoms with Crippen molar-refractivity contribution >= 4 is 11.5 Å². The summed E-state index contributed by atoms with van der Waals surface area (Å²) in [5.41, 5.74) is 2.46. The molecule has 0 aliphatic carbocycles. The van der Waals surface area contributed by atoms with Crippen LogP contribution in [0.5, 0.6) is 0 Å². The van der Waals surface area contributed by atoms with Crippen molar-refractivity contribution in [1.82, 2.24) is 0 Å². The number of nitrogens with one attached hydrogen (secondary N) is 1. The maximum Gasteiger partial charge on any atom is 0.100 e. The zero-order valence-electron chi connectivity index (χ0n) is 8.26. The van der Waals surface area contributed by atoms with Gasteiger partial charge in [0.2, 0.25) is 0 Å². The van der Waals surface area contributed by atoms with Gasteiger partial charge in [-0.25, -0.2) is 0 Å². The van der Waals surface area contributed by atoms with E-state index in [2.05, 4.69) is 24.0 Å². The molecule has 1 saturated heterocycles. The molecule has 0 aromatic heterocycles. The van der Waals surface area contributed by atoms with E-state index in [9.17, 15) is 0 Å². The van der Waals surface area contributed by atoms with Crippen molar-refractivity contribution < 1.29 is 12.4 Å². The number of aryl methyl sites for hydroxylation is 1. The number of halogens is 1. The van der Waals surface area contributed by atoms with Crippen LogP contribution in [-0.4, -0.2) is 12.4 Å². The molecule has 1 aromatic rings. The highest BCUT2D eigenvalue weighted by molar-refractivity contribution is 5.97. The van der Waals surface area contributed by atoms with Crippen molar-refractivity contribution in [3.05, 3.63) is 29.8 Å². The second-order valence-corrected chi connectivity index (χ2v) is 3.49. The minimum Gasteiger partial charge on any atom is -1.00 e. The zero-order valence-corrected chi connectivity index (χ0v) is 9.01. The normalized spacial score (nSPS) is 15.5. The predicted molar refractivity (Wildman–Crippen MR) is 55.5 cm³/mol. The van der Waals surface area contributed by atoms with Crippen molar-refractivity contribution in [2.75, 3.05) is 11.4 Å². The molecule has 2 nitrogen and oxygen atoms in total. The molecule has 76 valence electrons. The molecule has 2 rings (SSSR count). The fraction of sp³-hybridized carbons (Fsp3) is 0.364. The molecule has 0 atom stereocenters. The Morgan fingerprint density at radius 2 is 2.00 bits per heavy atom. The SMILES string of the molecule is Cc1ccccc1N1CCCC1=N.[Cl-]. The van der Waals surface area contributed by atoms with E-state index in [0.29, 0.717) is 0 Å². The summed E-state index contributed by atoms with van der Waals surface area (Å²) in [6.45, 7) is 3.10. The van der Waals surface area contributed by atoms with E-state index in [1.165, 1.54) is 11.3 Å². The summed E-state index contributed by atoms with van der Waals surface area (Å²) in [7, 11) is 0. The van der Waals surface area contributed by atoms with Gasteiger partial charge in [-0.3, -0.25) is 5.41 Å². The second-order valence-electron chi connectivity index (χ2n) is 3.49. The van der Waals surface area contributed by atoms with Crippen LogP contribution in [-0.2, 0) is 0 Å². The molecule has 0 bridgehead atoms. The Hall–Kier alpha value is -1.02. The van der Waals surface area contributed by atoms with E-state index in [4.69, 9.17) is 5.41 Å². The summed E-state index contributed by atoms with van der Waals surface area (Å²) in [4.78, 5) is 2.11. The molecule has 3 heteroatoms. The number of rotatable bonds is 1. The van der Waals surface area contributed by atoms with Gasteiger partial charge in [0.1, 0.15) is 5.84 Å². The van der Waals surface area contributed by atoms with E-state index in [1.54, 1.807) is 0 Å². The van der Waals surface area contributed by atoms with Crippen LogP contribution in [0.25, 0.3) is 0 Å². The molecule has 0 radical (unpaired) electrons. The molecule has 0 saturated carbocycles. The van der Waals surface area contributed by atoms with Crippen molar-refractivity contribution in [3.63, 3.8) is 0 Å². The summed E-state index contributed by atoms with van der Waals surface area (Å²) in [6, 6.07) is 8.27. The molecule has 0 spiro atoms. The Bertz CT molecular complexity index is 336. The van der Waals surface area contributed by atoms with Gasteiger partial charge >= 0.3 is 0 Å². The fourth-order valence-electron chi connectivity index (χ4n) is 1.81. The molecule has 1 fully saturated rings. The van der Waals surface area contributed by atoms with Gasteiger partial charge in [0.05, 0.1) is 0 Å². The van der Waals surface area contributed by atoms with Gasteiger partial charge in [-0.15, -0.1) is 0 Å². The number of benzene rings is 1. The number of hydrogen-bond donors (Lipinski definition) is 1. The molecule has 1 aliphatic heterocycles. The topological polar surface area (TPSA) is 27.1 Å². The van der Waals surface area contributed by atoms with Gasteiger partial charge in [-0.1, -0.05) is 18.2 Å². The molecular weight excluding hydrogens is 196 g/mol. The van der Waals surface area contributed by atoms with Crippen LogP contribution < -0.4 is 17.3 Å². The van der Waals surface area contributed by atoms with Crippen LogP contribution in [0.15, 0.2) is 24.3 Å². The summed E-state index contributed by atoms with van der Waals surface area (Å²) in [6.07, 6.45) is 2.04. The van der Waals surface area contributed by atoms with Crippen LogP contribution in [0.4, 0.5) is 5.69 Å². The minimum atomic E-state index is 0. The average molecular weight is 210 g/mol. The third-order valence-electron chi connectivity index (χ3n) is 2.53. The summed E-state index contributed by atoms with van der Waals surface area (Å²) < 4.78 is 0. The van der Waals surface area contributed by atoms with E-state index in [0.717, 1.165) is 25.2 Å². The minimum absolute atomic E-state index is 0. The lowest BCUT2D eigenvalue weighted by molar-refractivity contribution is -0.00000295. The molecule has 1 aliphatic rings. The smallest absolute Gasteiger partial charge is 0.100 e. The van der Waals surface area contributed by atoms with E-state index in [-0.39, 0.29) is 12.4 Å². The predicted octanol–water partition coefficient (Wildman–Crippen LogP) is -0.424. The maximum absolute atomic E-state index is 7.77. The van der Waals surface area contributed by atoms with Crippen molar-refractivity contribution in [2.45, 2.75) is 19.8 Å². The lowest BCUT2D eigenvalue weighted by Gasteiger charge is -2.19. The molecule has 1 aromatic carbocycles. The Labute approximate surface area is 90.8 Å². The van der Waals surface area contributed by atoms with Crippen LogP contribution in [0.3, 0.4) is 0 Å².